The van der Waals surface area contributed by atoms with Crippen LogP contribution in [0, 0.1) is 0 Å². The average Bonchev–Trinajstić information content (AvgIpc) is 3.49. The fourth-order valence-electron chi connectivity index (χ4n) is 4.04. The van der Waals surface area contributed by atoms with Gasteiger partial charge in [-0.1, -0.05) is 11.6 Å². The van der Waals surface area contributed by atoms with E-state index in [0.717, 1.165) is 43.8 Å². The van der Waals surface area contributed by atoms with Gasteiger partial charge in [0.05, 0.1) is 32.8 Å². The van der Waals surface area contributed by atoms with E-state index in [1.807, 2.05) is 4.90 Å². The van der Waals surface area contributed by atoms with Gasteiger partial charge >= 0.3 is 0 Å². The van der Waals surface area contributed by atoms with Gasteiger partial charge in [-0.3, -0.25) is 9.59 Å². The minimum absolute atomic E-state index is 0.0589. The van der Waals surface area contributed by atoms with Crippen LogP contribution in [0.2, 0.25) is 4.34 Å². The van der Waals surface area contributed by atoms with Crippen molar-refractivity contribution in [2.24, 2.45) is 5.73 Å². The summed E-state index contributed by atoms with van der Waals surface area (Å²) in [4.78, 5) is 30.2. The molecule has 2 aliphatic heterocycles. The van der Waals surface area contributed by atoms with Gasteiger partial charge in [0.25, 0.3) is 11.8 Å². The van der Waals surface area contributed by atoms with E-state index >= 15 is 0 Å². The predicted molar refractivity (Wildman–Crippen MR) is 129 cm³/mol. The molecule has 0 spiro atoms. The zero-order valence-electron chi connectivity index (χ0n) is 18.6. The number of carbonyl (C=O) groups is 2. The van der Waals surface area contributed by atoms with E-state index in [-0.39, 0.29) is 18.1 Å². The van der Waals surface area contributed by atoms with Crippen LogP contribution >= 0.6 is 34.3 Å². The topological polar surface area (TPSA) is 85.1 Å². The van der Waals surface area contributed by atoms with E-state index in [0.29, 0.717) is 15.8 Å². The van der Waals surface area contributed by atoms with Crippen molar-refractivity contribution in [2.45, 2.75) is 31.4 Å². The van der Waals surface area contributed by atoms with Gasteiger partial charge in [0.15, 0.2) is 0 Å². The summed E-state index contributed by atoms with van der Waals surface area (Å²) >= 11 is 8.35. The first-order valence-electron chi connectivity index (χ1n) is 10.5. The van der Waals surface area contributed by atoms with Crippen LogP contribution in [-0.4, -0.2) is 75.2 Å². The number of amides is 2. The third-order valence-electron chi connectivity index (χ3n) is 5.70. The molecule has 2 aliphatic rings. The zero-order valence-corrected chi connectivity index (χ0v) is 21.0. The molecule has 0 radical (unpaired) electrons. The summed E-state index contributed by atoms with van der Waals surface area (Å²) in [5, 5.41) is 0. The highest BCUT2D eigenvalue weighted by Gasteiger charge is 2.32. The normalized spacial score (nSPS) is 20.9. The van der Waals surface area contributed by atoms with E-state index in [9.17, 15) is 9.59 Å². The van der Waals surface area contributed by atoms with Gasteiger partial charge in [-0.2, -0.15) is 0 Å². The lowest BCUT2D eigenvalue weighted by molar-refractivity contribution is 0.0633. The Morgan fingerprint density at radius 3 is 2.59 bits per heavy atom. The second-order valence-electron chi connectivity index (χ2n) is 7.94. The highest BCUT2D eigenvalue weighted by atomic mass is 35.5. The summed E-state index contributed by atoms with van der Waals surface area (Å²) in [6.45, 7) is 3.36. The third-order valence-corrected chi connectivity index (χ3v) is 8.14. The minimum atomic E-state index is -0.424. The first-order valence-corrected chi connectivity index (χ1v) is 12.5. The first-order chi connectivity index (χ1) is 15.3. The highest BCUT2D eigenvalue weighted by molar-refractivity contribution is 7.18. The molecule has 176 valence electrons. The summed E-state index contributed by atoms with van der Waals surface area (Å²) in [6, 6.07) is 5.54. The SMILES string of the molecule is COC[C@@H]1CCCN1C(=O)c1cc2c(s1)CCN(C)C[C@H]2OC.NC(=O)c1ccc(Cl)s1. The van der Waals surface area contributed by atoms with Gasteiger partial charge in [0.2, 0.25) is 0 Å². The number of rotatable bonds is 5. The Balaban J connectivity index is 0.000000269. The molecule has 4 rings (SSSR count). The van der Waals surface area contributed by atoms with Crippen LogP contribution in [0.1, 0.15) is 48.7 Å². The monoisotopic (exact) mass is 499 g/mol. The average molecular weight is 500 g/mol. The predicted octanol–water partition coefficient (Wildman–Crippen LogP) is 3.67. The molecule has 0 unspecified atom stereocenters. The van der Waals surface area contributed by atoms with E-state index in [2.05, 4.69) is 18.0 Å². The lowest BCUT2D eigenvalue weighted by Gasteiger charge is -2.23. The Morgan fingerprint density at radius 1 is 1.22 bits per heavy atom. The standard InChI is InChI=1S/C17H26N2O3S.C5H4ClNOS/c1-18-8-6-15-13(14(10-18)22-3)9-16(23-15)17(20)19-7-4-5-12(19)11-21-2;6-4-2-1-3(9-4)5(7)8/h9,12,14H,4-8,10-11H2,1-3H3;1-2H,(H2,7,8)/t12-,14+;/m0./s1. The number of primary amides is 1. The summed E-state index contributed by atoms with van der Waals surface area (Å²) in [5.74, 6) is -0.266. The van der Waals surface area contributed by atoms with Gasteiger partial charge in [-0.25, -0.2) is 0 Å². The number of hydrogen-bond donors (Lipinski definition) is 1. The Hall–Kier alpha value is -1.49. The molecule has 7 nitrogen and oxygen atoms in total. The van der Waals surface area contributed by atoms with Crippen LogP contribution < -0.4 is 5.73 Å². The van der Waals surface area contributed by atoms with Gasteiger partial charge in [-0.15, -0.1) is 22.7 Å². The number of ether oxygens (including phenoxy) is 2. The Morgan fingerprint density at radius 2 is 2.00 bits per heavy atom. The summed E-state index contributed by atoms with van der Waals surface area (Å²) < 4.78 is 11.5. The molecular weight excluding hydrogens is 470 g/mol. The van der Waals surface area contributed by atoms with Crippen LogP contribution in [0.15, 0.2) is 18.2 Å². The van der Waals surface area contributed by atoms with Crippen LogP contribution in [0.3, 0.4) is 0 Å². The Kier molecular flexibility index (Phi) is 9.10. The highest BCUT2D eigenvalue weighted by Crippen LogP contribution is 2.34. The molecule has 2 aromatic rings. The van der Waals surface area contributed by atoms with Gasteiger partial charge < -0.3 is 25.0 Å². The lowest BCUT2D eigenvalue weighted by atomic mass is 10.1. The molecule has 0 aromatic carbocycles. The van der Waals surface area contributed by atoms with Crippen molar-refractivity contribution in [1.29, 1.82) is 0 Å². The summed E-state index contributed by atoms with van der Waals surface area (Å²) in [6.07, 6.45) is 3.15. The van der Waals surface area contributed by atoms with Gasteiger partial charge in [0, 0.05) is 38.7 Å². The molecule has 1 saturated heterocycles. The van der Waals surface area contributed by atoms with Crippen molar-refractivity contribution in [1.82, 2.24) is 9.80 Å². The fourth-order valence-corrected chi connectivity index (χ4v) is 6.09. The van der Waals surface area contributed by atoms with E-state index in [1.165, 1.54) is 21.8 Å². The number of nitrogens with two attached hydrogens (primary N) is 1. The third kappa shape index (κ3) is 6.09. The van der Waals surface area contributed by atoms with Crippen LogP contribution in [0.4, 0.5) is 0 Å². The summed E-state index contributed by atoms with van der Waals surface area (Å²) in [7, 11) is 5.57. The molecule has 2 amide bonds. The minimum Gasteiger partial charge on any atom is -0.383 e. The maximum Gasteiger partial charge on any atom is 0.264 e. The van der Waals surface area contributed by atoms with E-state index in [4.69, 9.17) is 26.8 Å². The number of hydrogen-bond acceptors (Lipinski definition) is 7. The molecule has 32 heavy (non-hydrogen) atoms. The van der Waals surface area contributed by atoms with Gasteiger partial charge in [0.1, 0.15) is 0 Å². The maximum absolute atomic E-state index is 12.9. The lowest BCUT2D eigenvalue weighted by Crippen LogP contribution is -2.37. The number of likely N-dealkylation sites (tertiary alicyclic amines) is 1. The van der Waals surface area contributed by atoms with Crippen LogP contribution in [0.25, 0.3) is 0 Å². The molecule has 4 heterocycles. The van der Waals surface area contributed by atoms with Crippen molar-refractivity contribution >= 4 is 46.1 Å². The number of thiophene rings is 2. The number of likely N-dealkylation sites (N-methyl/N-ethyl adjacent to an activating group) is 1. The quantitative estimate of drug-likeness (QED) is 0.678. The van der Waals surface area contributed by atoms with Crippen molar-refractivity contribution in [3.63, 3.8) is 0 Å². The molecule has 2 aromatic heterocycles. The number of halogens is 1. The fraction of sp³-hybridized carbons (Fsp3) is 0.545. The molecular formula is C22H30ClN3O4S2. The van der Waals surface area contributed by atoms with Crippen LogP contribution in [-0.2, 0) is 15.9 Å². The molecule has 0 aliphatic carbocycles. The van der Waals surface area contributed by atoms with Gasteiger partial charge in [-0.05, 0) is 50.1 Å². The van der Waals surface area contributed by atoms with E-state index < -0.39 is 5.91 Å². The molecule has 2 atom stereocenters. The smallest absolute Gasteiger partial charge is 0.264 e. The first kappa shape index (κ1) is 25.1. The second kappa shape index (κ2) is 11.6. The molecule has 0 saturated carbocycles. The van der Waals surface area contributed by atoms with Crippen molar-refractivity contribution < 1.29 is 19.1 Å². The Bertz CT molecular complexity index is 932. The second-order valence-corrected chi connectivity index (χ2v) is 10.8. The molecule has 10 heteroatoms. The maximum atomic E-state index is 12.9. The summed E-state index contributed by atoms with van der Waals surface area (Å²) in [5.41, 5.74) is 6.14. The van der Waals surface area contributed by atoms with Crippen molar-refractivity contribution in [3.8, 4) is 0 Å². The Labute approximate surface area is 202 Å². The van der Waals surface area contributed by atoms with Crippen LogP contribution in [0.5, 0.6) is 0 Å². The number of carbonyl (C=O) groups excluding carboxylic acids is 2. The molecule has 0 bridgehead atoms. The van der Waals surface area contributed by atoms with E-state index in [1.54, 1.807) is 37.7 Å². The largest absolute Gasteiger partial charge is 0.383 e. The number of fused-ring (bicyclic) bond motifs is 1. The molecule has 1 fully saturated rings. The zero-order chi connectivity index (χ0) is 23.3. The molecule has 2 N–H and O–H groups in total. The number of nitrogens with zero attached hydrogens (tertiary/aromatic N) is 2. The van der Waals surface area contributed by atoms with Crippen molar-refractivity contribution in [2.75, 3.05) is 47.5 Å². The number of methoxy groups -OCH3 is 2. The van der Waals surface area contributed by atoms with Crippen molar-refractivity contribution in [3.05, 3.63) is 42.7 Å².